The second-order valence-electron chi connectivity index (χ2n) is 8.45. The van der Waals surface area contributed by atoms with Crippen molar-refractivity contribution in [2.45, 2.75) is 12.1 Å². The van der Waals surface area contributed by atoms with Crippen molar-refractivity contribution in [3.8, 4) is 17.0 Å². The fourth-order valence-electron chi connectivity index (χ4n) is 4.57. The Morgan fingerprint density at radius 3 is 2.69 bits per heavy atom. The van der Waals surface area contributed by atoms with Crippen molar-refractivity contribution in [2.24, 2.45) is 0 Å². The summed E-state index contributed by atoms with van der Waals surface area (Å²) in [5.41, 5.74) is 1.76. The molecule has 2 aliphatic heterocycles. The van der Waals surface area contributed by atoms with E-state index in [1.54, 1.807) is 36.8 Å². The Balaban J connectivity index is 1.38. The minimum Gasteiger partial charge on any atom is -0.497 e. The quantitative estimate of drug-likeness (QED) is 0.430. The molecule has 4 amide bonds. The second kappa shape index (κ2) is 7.66. The number of nitrogens with one attached hydrogen (secondary N) is 2. The molecule has 35 heavy (non-hydrogen) atoms. The van der Waals surface area contributed by atoms with E-state index in [2.05, 4.69) is 20.6 Å². The molecule has 2 N–H and O–H groups in total. The van der Waals surface area contributed by atoms with Crippen molar-refractivity contribution in [1.82, 2.24) is 25.5 Å². The number of carbonyl (C=O) groups is 3. The van der Waals surface area contributed by atoms with Crippen LogP contribution < -0.4 is 15.4 Å². The van der Waals surface area contributed by atoms with Crippen LogP contribution in [0.15, 0.2) is 65.5 Å². The SMILES string of the molecule is COc1ccc2c(c1)C(=O)N(CC1(c3cc4cc(-c5ccncc5)ncc4o3)NC(=O)NC1=O)C2. The normalized spacial score (nSPS) is 19.1. The lowest BCUT2D eigenvalue weighted by molar-refractivity contribution is -0.125. The smallest absolute Gasteiger partial charge is 0.322 e. The highest BCUT2D eigenvalue weighted by atomic mass is 16.5. The van der Waals surface area contributed by atoms with Gasteiger partial charge in [-0.25, -0.2) is 4.79 Å². The lowest BCUT2D eigenvalue weighted by Crippen LogP contribution is -2.52. The van der Waals surface area contributed by atoms with Gasteiger partial charge in [0.15, 0.2) is 11.1 Å². The summed E-state index contributed by atoms with van der Waals surface area (Å²) in [5.74, 6) is -0.0728. The molecule has 10 nitrogen and oxygen atoms in total. The van der Waals surface area contributed by atoms with Gasteiger partial charge in [-0.05, 0) is 42.0 Å². The number of pyridine rings is 2. The number of carbonyl (C=O) groups excluding carboxylic acids is 3. The molecular formula is C25H19N5O5. The van der Waals surface area contributed by atoms with Gasteiger partial charge in [0.05, 0.1) is 25.5 Å². The number of aromatic nitrogens is 2. The number of benzene rings is 1. The van der Waals surface area contributed by atoms with Crippen LogP contribution in [0.2, 0.25) is 0 Å². The maximum atomic E-state index is 13.2. The largest absolute Gasteiger partial charge is 0.497 e. The third kappa shape index (κ3) is 3.30. The molecular weight excluding hydrogens is 450 g/mol. The average Bonchev–Trinajstić information content (AvgIpc) is 3.53. The van der Waals surface area contributed by atoms with Gasteiger partial charge in [-0.15, -0.1) is 0 Å². The molecule has 5 heterocycles. The first kappa shape index (κ1) is 20.8. The van der Waals surface area contributed by atoms with Gasteiger partial charge >= 0.3 is 6.03 Å². The van der Waals surface area contributed by atoms with Gasteiger partial charge < -0.3 is 19.4 Å². The minimum absolute atomic E-state index is 0.106. The van der Waals surface area contributed by atoms with Crippen molar-refractivity contribution in [2.75, 3.05) is 13.7 Å². The van der Waals surface area contributed by atoms with Crippen LogP contribution in [0.3, 0.4) is 0 Å². The number of fused-ring (bicyclic) bond motifs is 2. The summed E-state index contributed by atoms with van der Waals surface area (Å²) in [6.45, 7) is 0.182. The highest BCUT2D eigenvalue weighted by Gasteiger charge is 2.53. The number of rotatable bonds is 5. The number of hydrogen-bond acceptors (Lipinski definition) is 7. The highest BCUT2D eigenvalue weighted by molar-refractivity contribution is 6.08. The maximum Gasteiger partial charge on any atom is 0.322 e. The van der Waals surface area contributed by atoms with Crippen LogP contribution in [0.25, 0.3) is 22.2 Å². The van der Waals surface area contributed by atoms with Crippen LogP contribution in [0, 0.1) is 0 Å². The molecule has 4 aromatic rings. The van der Waals surface area contributed by atoms with E-state index in [-0.39, 0.29) is 24.8 Å². The summed E-state index contributed by atoms with van der Waals surface area (Å²) in [4.78, 5) is 48.5. The first-order valence-electron chi connectivity index (χ1n) is 10.9. The van der Waals surface area contributed by atoms with Crippen LogP contribution in [0.1, 0.15) is 21.7 Å². The summed E-state index contributed by atoms with van der Waals surface area (Å²) in [5, 5.41) is 5.69. The van der Waals surface area contributed by atoms with E-state index >= 15 is 0 Å². The highest BCUT2D eigenvalue weighted by Crippen LogP contribution is 2.35. The lowest BCUT2D eigenvalue weighted by Gasteiger charge is -2.29. The molecule has 0 radical (unpaired) electrons. The zero-order valence-corrected chi connectivity index (χ0v) is 18.6. The number of hydrogen-bond donors (Lipinski definition) is 2. The van der Waals surface area contributed by atoms with Crippen molar-refractivity contribution in [3.05, 3.63) is 77.9 Å². The van der Waals surface area contributed by atoms with Crippen LogP contribution >= 0.6 is 0 Å². The summed E-state index contributed by atoms with van der Waals surface area (Å²) in [6, 6.07) is 11.8. The van der Waals surface area contributed by atoms with E-state index in [1.165, 1.54) is 12.0 Å². The monoisotopic (exact) mass is 469 g/mol. The van der Waals surface area contributed by atoms with Crippen molar-refractivity contribution >= 4 is 28.8 Å². The third-order valence-electron chi connectivity index (χ3n) is 6.37. The van der Waals surface area contributed by atoms with Crippen molar-refractivity contribution in [3.63, 3.8) is 0 Å². The predicted molar refractivity (Wildman–Crippen MR) is 123 cm³/mol. The van der Waals surface area contributed by atoms with E-state index in [0.29, 0.717) is 28.0 Å². The molecule has 0 bridgehead atoms. The Morgan fingerprint density at radius 1 is 1.11 bits per heavy atom. The number of methoxy groups -OCH3 is 1. The molecule has 1 atom stereocenters. The Bertz CT molecular complexity index is 1520. The van der Waals surface area contributed by atoms with Crippen molar-refractivity contribution in [1.29, 1.82) is 0 Å². The van der Waals surface area contributed by atoms with Gasteiger partial charge in [-0.2, -0.15) is 0 Å². The van der Waals surface area contributed by atoms with Gasteiger partial charge in [0.2, 0.25) is 0 Å². The molecule has 1 fully saturated rings. The first-order valence-corrected chi connectivity index (χ1v) is 10.9. The molecule has 3 aromatic heterocycles. The Morgan fingerprint density at radius 2 is 1.94 bits per heavy atom. The van der Waals surface area contributed by atoms with Crippen molar-refractivity contribution < 1.29 is 23.5 Å². The summed E-state index contributed by atoms with van der Waals surface area (Å²) >= 11 is 0. The average molecular weight is 469 g/mol. The van der Waals surface area contributed by atoms with E-state index in [0.717, 1.165) is 11.1 Å². The fraction of sp³-hybridized carbons (Fsp3) is 0.160. The number of amides is 4. The molecule has 1 aromatic carbocycles. The minimum atomic E-state index is -1.59. The van der Waals surface area contributed by atoms with E-state index < -0.39 is 17.5 Å². The molecule has 0 spiro atoms. The van der Waals surface area contributed by atoms with E-state index in [1.807, 2.05) is 24.3 Å². The van der Waals surface area contributed by atoms with Crippen LogP contribution in [0.5, 0.6) is 5.75 Å². The molecule has 10 heteroatoms. The molecule has 0 saturated carbocycles. The Kier molecular flexibility index (Phi) is 4.56. The standard InChI is InChI=1S/C25H19N5O5/c1-34-17-3-2-15-12-30(22(31)18(15)10-17)13-25(23(32)28-24(33)29-25)21-9-16-8-19(27-11-20(16)35-21)14-4-6-26-7-5-14/h2-11H,12-13H2,1H3,(H2,28,29,32,33). The maximum absolute atomic E-state index is 13.2. The van der Waals surface area contributed by atoms with Gasteiger partial charge in [0, 0.05) is 35.5 Å². The number of nitrogens with zero attached hydrogens (tertiary/aromatic N) is 3. The molecule has 1 unspecified atom stereocenters. The predicted octanol–water partition coefficient (Wildman–Crippen LogP) is 2.59. The van der Waals surface area contributed by atoms with Crippen LogP contribution in [0.4, 0.5) is 4.79 Å². The Labute approximate surface area is 198 Å². The molecule has 1 saturated heterocycles. The lowest BCUT2D eigenvalue weighted by atomic mass is 9.95. The summed E-state index contributed by atoms with van der Waals surface area (Å²) in [6.07, 6.45) is 4.92. The van der Waals surface area contributed by atoms with Gasteiger partial charge in [0.1, 0.15) is 11.5 Å². The zero-order valence-electron chi connectivity index (χ0n) is 18.6. The number of furan rings is 1. The van der Waals surface area contributed by atoms with Gasteiger partial charge in [0.25, 0.3) is 11.8 Å². The molecule has 6 rings (SSSR count). The van der Waals surface area contributed by atoms with Crippen LogP contribution in [-0.4, -0.2) is 46.4 Å². The van der Waals surface area contributed by atoms with Crippen LogP contribution in [-0.2, 0) is 16.9 Å². The number of imide groups is 1. The summed E-state index contributed by atoms with van der Waals surface area (Å²) < 4.78 is 11.3. The van der Waals surface area contributed by atoms with E-state index in [9.17, 15) is 14.4 Å². The topological polar surface area (TPSA) is 127 Å². The second-order valence-corrected chi connectivity index (χ2v) is 8.45. The number of urea groups is 1. The fourth-order valence-corrected chi connectivity index (χ4v) is 4.57. The molecule has 174 valence electrons. The van der Waals surface area contributed by atoms with Gasteiger partial charge in [-0.3, -0.25) is 24.9 Å². The molecule has 2 aliphatic rings. The summed E-state index contributed by atoms with van der Waals surface area (Å²) in [7, 11) is 1.53. The third-order valence-corrected chi connectivity index (χ3v) is 6.37. The van der Waals surface area contributed by atoms with E-state index in [4.69, 9.17) is 9.15 Å². The number of ether oxygens (including phenoxy) is 1. The molecule has 0 aliphatic carbocycles. The van der Waals surface area contributed by atoms with Gasteiger partial charge in [-0.1, -0.05) is 6.07 Å². The zero-order chi connectivity index (χ0) is 24.2. The Hall–Kier alpha value is -4.73. The first-order chi connectivity index (χ1) is 17.0.